The molecule has 1 unspecified atom stereocenters. The van der Waals surface area contributed by atoms with Gasteiger partial charge in [-0.05, 0) is 36.3 Å². The van der Waals surface area contributed by atoms with Crippen LogP contribution in [0.4, 0.5) is 5.69 Å². The average molecular weight is 375 g/mol. The van der Waals surface area contributed by atoms with Crippen molar-refractivity contribution in [3.63, 3.8) is 0 Å². The van der Waals surface area contributed by atoms with Gasteiger partial charge in [-0.1, -0.05) is 49.0 Å². The number of rotatable bonds is 7. The molecule has 0 saturated heterocycles. The Labute approximate surface area is 162 Å². The van der Waals surface area contributed by atoms with Crippen LogP contribution < -0.4 is 10.6 Å². The Morgan fingerprint density at radius 2 is 1.86 bits per heavy atom. The summed E-state index contributed by atoms with van der Waals surface area (Å²) < 4.78 is 0. The molecule has 0 aliphatic rings. The third kappa shape index (κ3) is 4.91. The van der Waals surface area contributed by atoms with Gasteiger partial charge in [0.2, 0.25) is 11.8 Å². The molecule has 142 valence electrons. The van der Waals surface area contributed by atoms with E-state index in [1.54, 1.807) is 24.3 Å². The summed E-state index contributed by atoms with van der Waals surface area (Å²) in [6.07, 6.45) is 1.40. The number of carbonyl (C=O) groups excluding carboxylic acids is 2. The maximum atomic E-state index is 12.6. The van der Waals surface area contributed by atoms with Gasteiger partial charge in [-0.2, -0.15) is 5.10 Å². The van der Waals surface area contributed by atoms with Crippen molar-refractivity contribution >= 4 is 17.5 Å². The number of hydrogen-bond donors (Lipinski definition) is 3. The lowest BCUT2D eigenvalue weighted by Gasteiger charge is -2.16. The van der Waals surface area contributed by atoms with Gasteiger partial charge < -0.3 is 10.6 Å². The molecule has 28 heavy (non-hydrogen) atoms. The summed E-state index contributed by atoms with van der Waals surface area (Å²) >= 11 is 0. The van der Waals surface area contributed by atoms with Crippen LogP contribution in [0, 0.1) is 6.92 Å². The zero-order valence-corrected chi connectivity index (χ0v) is 15.5. The predicted octanol–water partition coefficient (Wildman–Crippen LogP) is 2.69. The third-order valence-corrected chi connectivity index (χ3v) is 4.08. The Kier molecular flexibility index (Phi) is 5.96. The van der Waals surface area contributed by atoms with Crippen LogP contribution >= 0.6 is 0 Å². The summed E-state index contributed by atoms with van der Waals surface area (Å²) in [4.78, 5) is 28.3. The maximum absolute atomic E-state index is 12.6. The summed E-state index contributed by atoms with van der Waals surface area (Å²) in [6.45, 7) is 5.23. The number of nitrogens with zero attached hydrogens (tertiary/aromatic N) is 2. The topological polar surface area (TPSA) is 99.8 Å². The van der Waals surface area contributed by atoms with Crippen LogP contribution in [-0.4, -0.2) is 27.0 Å². The molecule has 0 spiro atoms. The first kappa shape index (κ1) is 19.0. The number of carbonyl (C=O) groups is 2. The Morgan fingerprint density at radius 3 is 2.46 bits per heavy atom. The molecular formula is C21H21N5O2. The van der Waals surface area contributed by atoms with E-state index in [1.807, 2.05) is 37.3 Å². The molecule has 0 bridgehead atoms. The second-order valence-corrected chi connectivity index (χ2v) is 6.26. The lowest BCUT2D eigenvalue weighted by molar-refractivity contribution is -0.121. The number of benzene rings is 2. The molecule has 3 N–H and O–H groups in total. The molecule has 0 radical (unpaired) electrons. The van der Waals surface area contributed by atoms with Gasteiger partial charge in [-0.15, -0.1) is 0 Å². The molecule has 0 aliphatic carbocycles. The minimum absolute atomic E-state index is 0.154. The highest BCUT2D eigenvalue weighted by atomic mass is 16.2. The molecule has 7 heteroatoms. The summed E-state index contributed by atoms with van der Waals surface area (Å²) in [5.41, 5.74) is 2.37. The van der Waals surface area contributed by atoms with Gasteiger partial charge in [0.15, 0.2) is 5.82 Å². The molecule has 7 nitrogen and oxygen atoms in total. The predicted molar refractivity (Wildman–Crippen MR) is 107 cm³/mol. The van der Waals surface area contributed by atoms with E-state index in [-0.39, 0.29) is 18.2 Å². The number of nitrogens with one attached hydrogen (secondary N) is 3. The first-order valence-electron chi connectivity index (χ1n) is 8.80. The minimum atomic E-state index is -0.440. The largest absolute Gasteiger partial charge is 0.342 e. The maximum Gasteiger partial charge on any atom is 0.247 e. The monoisotopic (exact) mass is 375 g/mol. The zero-order chi connectivity index (χ0) is 19.9. The van der Waals surface area contributed by atoms with Gasteiger partial charge in [0, 0.05) is 5.69 Å². The number of H-pyrrole nitrogens is 1. The first-order chi connectivity index (χ1) is 13.5. The normalized spacial score (nSPS) is 11.5. The van der Waals surface area contributed by atoms with Crippen molar-refractivity contribution in [2.24, 2.45) is 0 Å². The van der Waals surface area contributed by atoms with E-state index in [9.17, 15) is 9.59 Å². The summed E-state index contributed by atoms with van der Waals surface area (Å²) in [7, 11) is 0. The molecule has 3 aromatic rings. The third-order valence-electron chi connectivity index (χ3n) is 4.08. The second-order valence-electron chi connectivity index (χ2n) is 6.26. The Bertz CT molecular complexity index is 964. The standard InChI is InChI=1S/C21H21N5O2/c1-3-18(27)23-17-11-9-15(10-12-17)13-19(28)24-20(16-7-5-4-6-8-16)21-22-14(2)25-26-21/h3-12,20H,1,13H2,2H3,(H,23,27)(H,24,28)(H,22,25,26). The van der Waals surface area contributed by atoms with Crippen molar-refractivity contribution in [3.05, 3.63) is 90.0 Å². The Morgan fingerprint density at radius 1 is 1.14 bits per heavy atom. The Balaban J connectivity index is 1.70. The number of anilines is 1. The number of aryl methyl sites for hydroxylation is 1. The minimum Gasteiger partial charge on any atom is -0.342 e. The molecule has 2 aromatic carbocycles. The first-order valence-corrected chi connectivity index (χ1v) is 8.80. The van der Waals surface area contributed by atoms with E-state index < -0.39 is 6.04 Å². The van der Waals surface area contributed by atoms with Crippen molar-refractivity contribution in [2.45, 2.75) is 19.4 Å². The van der Waals surface area contributed by atoms with E-state index in [1.165, 1.54) is 6.08 Å². The molecule has 1 aromatic heterocycles. The second kappa shape index (κ2) is 8.77. The number of aromatic amines is 1. The van der Waals surface area contributed by atoms with Crippen molar-refractivity contribution in [1.29, 1.82) is 0 Å². The molecule has 1 atom stereocenters. The van der Waals surface area contributed by atoms with Crippen molar-refractivity contribution in [1.82, 2.24) is 20.5 Å². The fourth-order valence-electron chi connectivity index (χ4n) is 2.73. The summed E-state index contributed by atoms with van der Waals surface area (Å²) in [6, 6.07) is 16.2. The summed E-state index contributed by atoms with van der Waals surface area (Å²) in [5.74, 6) is 0.763. The van der Waals surface area contributed by atoms with Gasteiger partial charge in [0.1, 0.15) is 11.9 Å². The highest BCUT2D eigenvalue weighted by molar-refractivity contribution is 5.98. The van der Waals surface area contributed by atoms with E-state index in [4.69, 9.17) is 0 Å². The van der Waals surface area contributed by atoms with E-state index in [0.717, 1.165) is 11.1 Å². The molecule has 3 rings (SSSR count). The van der Waals surface area contributed by atoms with Gasteiger partial charge in [-0.3, -0.25) is 14.7 Å². The van der Waals surface area contributed by atoms with Gasteiger partial charge in [0.05, 0.1) is 6.42 Å². The lowest BCUT2D eigenvalue weighted by atomic mass is 10.1. The number of hydrogen-bond acceptors (Lipinski definition) is 4. The van der Waals surface area contributed by atoms with Crippen molar-refractivity contribution < 1.29 is 9.59 Å². The highest BCUT2D eigenvalue weighted by Gasteiger charge is 2.20. The van der Waals surface area contributed by atoms with Gasteiger partial charge in [-0.25, -0.2) is 4.98 Å². The molecule has 1 heterocycles. The van der Waals surface area contributed by atoms with Crippen LogP contribution in [0.1, 0.15) is 28.8 Å². The molecular weight excluding hydrogens is 354 g/mol. The molecule has 0 aliphatic heterocycles. The van der Waals surface area contributed by atoms with Gasteiger partial charge >= 0.3 is 0 Å². The van der Waals surface area contributed by atoms with Crippen LogP contribution in [0.15, 0.2) is 67.3 Å². The summed E-state index contributed by atoms with van der Waals surface area (Å²) in [5, 5.41) is 12.7. The van der Waals surface area contributed by atoms with Gasteiger partial charge in [0.25, 0.3) is 0 Å². The van der Waals surface area contributed by atoms with Crippen molar-refractivity contribution in [2.75, 3.05) is 5.32 Å². The molecule has 0 fully saturated rings. The molecule has 2 amide bonds. The smallest absolute Gasteiger partial charge is 0.247 e. The van der Waals surface area contributed by atoms with E-state index in [0.29, 0.717) is 17.3 Å². The fraction of sp³-hybridized carbons (Fsp3) is 0.143. The van der Waals surface area contributed by atoms with E-state index in [2.05, 4.69) is 32.4 Å². The average Bonchev–Trinajstić information content (AvgIpc) is 3.14. The van der Waals surface area contributed by atoms with Crippen LogP contribution in [0.3, 0.4) is 0 Å². The lowest BCUT2D eigenvalue weighted by Crippen LogP contribution is -2.31. The zero-order valence-electron chi connectivity index (χ0n) is 15.5. The van der Waals surface area contributed by atoms with Crippen LogP contribution in [0.2, 0.25) is 0 Å². The SMILES string of the molecule is C=CC(=O)Nc1ccc(CC(=O)NC(c2ccccc2)c2n[nH]c(C)n2)cc1. The molecule has 0 saturated carbocycles. The van der Waals surface area contributed by atoms with Crippen LogP contribution in [-0.2, 0) is 16.0 Å². The Hall–Kier alpha value is -3.74. The van der Waals surface area contributed by atoms with E-state index >= 15 is 0 Å². The quantitative estimate of drug-likeness (QED) is 0.553. The number of amides is 2. The van der Waals surface area contributed by atoms with Crippen molar-refractivity contribution in [3.8, 4) is 0 Å². The highest BCUT2D eigenvalue weighted by Crippen LogP contribution is 2.19. The van der Waals surface area contributed by atoms with Crippen LogP contribution in [0.25, 0.3) is 0 Å². The number of aromatic nitrogens is 3. The van der Waals surface area contributed by atoms with Crippen LogP contribution in [0.5, 0.6) is 0 Å². The fourth-order valence-corrected chi connectivity index (χ4v) is 2.73.